The Labute approximate surface area is 151 Å². The number of para-hydroxylation sites is 1. The van der Waals surface area contributed by atoms with Gasteiger partial charge in [-0.25, -0.2) is 9.97 Å². The molecule has 0 saturated heterocycles. The molecule has 7 heteroatoms. The minimum atomic E-state index is -0.472. The van der Waals surface area contributed by atoms with Crippen LogP contribution in [0, 0.1) is 0 Å². The van der Waals surface area contributed by atoms with Crippen LogP contribution < -0.4 is 14.8 Å². The number of imidazole rings is 1. The van der Waals surface area contributed by atoms with Crippen LogP contribution >= 0.6 is 0 Å². The summed E-state index contributed by atoms with van der Waals surface area (Å²) in [6.45, 7) is 0. The van der Waals surface area contributed by atoms with E-state index in [9.17, 15) is 4.79 Å². The average molecular weight is 352 g/mol. The van der Waals surface area contributed by atoms with Crippen LogP contribution in [0.3, 0.4) is 0 Å². The lowest BCUT2D eigenvalue weighted by molar-refractivity contribution is 0.0940. The second-order valence-electron chi connectivity index (χ2n) is 5.63. The molecule has 0 aliphatic heterocycles. The van der Waals surface area contributed by atoms with Crippen LogP contribution in [0.1, 0.15) is 27.8 Å². The maximum atomic E-state index is 12.8. The van der Waals surface area contributed by atoms with Crippen molar-refractivity contribution in [3.8, 4) is 11.6 Å². The number of benzene rings is 1. The Balaban J connectivity index is 1.96. The fourth-order valence-electron chi connectivity index (χ4n) is 2.69. The fraction of sp³-hybridized carbons (Fsp3) is 0.211. The summed E-state index contributed by atoms with van der Waals surface area (Å²) in [6, 6.07) is 10.4. The van der Waals surface area contributed by atoms with Crippen molar-refractivity contribution in [3.05, 3.63) is 71.9 Å². The van der Waals surface area contributed by atoms with Crippen LogP contribution in [0.5, 0.6) is 11.6 Å². The molecule has 0 aliphatic carbocycles. The number of amides is 1. The van der Waals surface area contributed by atoms with E-state index < -0.39 is 6.04 Å². The number of ether oxygens (including phenoxy) is 2. The van der Waals surface area contributed by atoms with E-state index in [1.165, 1.54) is 13.3 Å². The van der Waals surface area contributed by atoms with Gasteiger partial charge < -0.3 is 19.4 Å². The number of aryl methyl sites for hydroxylation is 1. The van der Waals surface area contributed by atoms with Crippen LogP contribution in [0.4, 0.5) is 0 Å². The molecule has 26 heavy (non-hydrogen) atoms. The summed E-state index contributed by atoms with van der Waals surface area (Å²) < 4.78 is 12.4. The summed E-state index contributed by atoms with van der Waals surface area (Å²) in [5.74, 6) is 1.56. The molecule has 1 aromatic carbocycles. The lowest BCUT2D eigenvalue weighted by atomic mass is 10.0. The first-order chi connectivity index (χ1) is 12.6. The number of aromatic nitrogens is 3. The average Bonchev–Trinajstić information content (AvgIpc) is 3.11. The summed E-state index contributed by atoms with van der Waals surface area (Å²) in [7, 11) is 5.01. The van der Waals surface area contributed by atoms with Crippen LogP contribution in [0.25, 0.3) is 0 Å². The van der Waals surface area contributed by atoms with E-state index in [-0.39, 0.29) is 5.91 Å². The third-order valence-corrected chi connectivity index (χ3v) is 4.05. The molecule has 0 saturated carbocycles. The highest BCUT2D eigenvalue weighted by atomic mass is 16.5. The van der Waals surface area contributed by atoms with Crippen molar-refractivity contribution in [1.82, 2.24) is 19.9 Å². The van der Waals surface area contributed by atoms with Gasteiger partial charge in [-0.2, -0.15) is 0 Å². The summed E-state index contributed by atoms with van der Waals surface area (Å²) in [6.07, 6.45) is 5.00. The Kier molecular flexibility index (Phi) is 5.17. The van der Waals surface area contributed by atoms with Gasteiger partial charge in [0.1, 0.15) is 17.6 Å². The quantitative estimate of drug-likeness (QED) is 0.737. The third-order valence-electron chi connectivity index (χ3n) is 4.05. The van der Waals surface area contributed by atoms with E-state index in [0.29, 0.717) is 23.0 Å². The molecule has 134 valence electrons. The maximum absolute atomic E-state index is 12.8. The van der Waals surface area contributed by atoms with E-state index in [1.54, 1.807) is 25.4 Å². The molecule has 3 aromatic rings. The predicted octanol–water partition coefficient (Wildman–Crippen LogP) is 2.35. The SMILES string of the molecule is COc1ccc(C(=O)NC(c2ccccc2OC)c2nccn2C)cn1. The van der Waals surface area contributed by atoms with Crippen LogP contribution in [-0.4, -0.2) is 34.7 Å². The Hall–Kier alpha value is -3.35. The number of methoxy groups -OCH3 is 2. The molecule has 2 heterocycles. The first kappa shape index (κ1) is 17.5. The number of hydrogen-bond donors (Lipinski definition) is 1. The number of carbonyl (C=O) groups excluding carboxylic acids is 1. The lowest BCUT2D eigenvalue weighted by Crippen LogP contribution is -2.31. The van der Waals surface area contributed by atoms with Crippen LogP contribution in [0.15, 0.2) is 55.0 Å². The largest absolute Gasteiger partial charge is 0.496 e. The van der Waals surface area contributed by atoms with Gasteiger partial charge in [-0.1, -0.05) is 18.2 Å². The highest BCUT2D eigenvalue weighted by molar-refractivity contribution is 5.94. The van der Waals surface area contributed by atoms with Crippen molar-refractivity contribution >= 4 is 5.91 Å². The number of pyridine rings is 1. The van der Waals surface area contributed by atoms with E-state index in [4.69, 9.17) is 9.47 Å². The minimum absolute atomic E-state index is 0.265. The Morgan fingerprint density at radius 3 is 2.54 bits per heavy atom. The first-order valence-electron chi connectivity index (χ1n) is 8.05. The van der Waals surface area contributed by atoms with Crippen molar-refractivity contribution in [2.24, 2.45) is 7.05 Å². The molecular formula is C19H20N4O3. The van der Waals surface area contributed by atoms with Gasteiger partial charge in [0, 0.05) is 37.3 Å². The summed E-state index contributed by atoms with van der Waals surface area (Å²) in [5.41, 5.74) is 1.25. The lowest BCUT2D eigenvalue weighted by Gasteiger charge is -2.21. The smallest absolute Gasteiger partial charge is 0.253 e. The maximum Gasteiger partial charge on any atom is 0.253 e. The van der Waals surface area contributed by atoms with E-state index in [1.807, 2.05) is 42.1 Å². The normalized spacial score (nSPS) is 11.7. The Morgan fingerprint density at radius 1 is 1.12 bits per heavy atom. The molecule has 3 rings (SSSR count). The van der Waals surface area contributed by atoms with E-state index in [0.717, 1.165) is 5.56 Å². The molecule has 0 spiro atoms. The predicted molar refractivity (Wildman–Crippen MR) is 96.3 cm³/mol. The van der Waals surface area contributed by atoms with E-state index >= 15 is 0 Å². The highest BCUT2D eigenvalue weighted by Gasteiger charge is 2.24. The van der Waals surface area contributed by atoms with Crippen molar-refractivity contribution < 1.29 is 14.3 Å². The first-order valence-corrected chi connectivity index (χ1v) is 8.05. The number of nitrogens with zero attached hydrogens (tertiary/aromatic N) is 3. The summed E-state index contributed by atoms with van der Waals surface area (Å²) in [4.78, 5) is 21.2. The molecule has 0 bridgehead atoms. The Morgan fingerprint density at radius 2 is 1.92 bits per heavy atom. The molecule has 2 aromatic heterocycles. The van der Waals surface area contributed by atoms with Gasteiger partial charge >= 0.3 is 0 Å². The van der Waals surface area contributed by atoms with Crippen molar-refractivity contribution in [2.75, 3.05) is 14.2 Å². The fourth-order valence-corrected chi connectivity index (χ4v) is 2.69. The van der Waals surface area contributed by atoms with Crippen molar-refractivity contribution in [3.63, 3.8) is 0 Å². The minimum Gasteiger partial charge on any atom is -0.496 e. The molecule has 1 atom stereocenters. The molecule has 0 fully saturated rings. The van der Waals surface area contributed by atoms with Gasteiger partial charge in [0.05, 0.1) is 19.8 Å². The molecular weight excluding hydrogens is 332 g/mol. The van der Waals surface area contributed by atoms with E-state index in [2.05, 4.69) is 15.3 Å². The van der Waals surface area contributed by atoms with Gasteiger partial charge in [0.2, 0.25) is 5.88 Å². The van der Waals surface area contributed by atoms with Gasteiger partial charge in [-0.3, -0.25) is 4.79 Å². The number of nitrogens with one attached hydrogen (secondary N) is 1. The number of carbonyl (C=O) groups is 1. The molecule has 1 amide bonds. The van der Waals surface area contributed by atoms with Gasteiger partial charge in [-0.05, 0) is 12.1 Å². The zero-order chi connectivity index (χ0) is 18.5. The van der Waals surface area contributed by atoms with Crippen LogP contribution in [-0.2, 0) is 7.05 Å². The molecule has 0 aliphatic rings. The Bertz CT molecular complexity index is 890. The molecule has 0 radical (unpaired) electrons. The second-order valence-corrected chi connectivity index (χ2v) is 5.63. The monoisotopic (exact) mass is 352 g/mol. The summed E-state index contributed by atoms with van der Waals surface area (Å²) >= 11 is 0. The van der Waals surface area contributed by atoms with Gasteiger partial charge in [0.15, 0.2) is 0 Å². The standard InChI is InChI=1S/C19H20N4O3/c1-23-11-10-20-18(23)17(14-6-4-5-7-15(14)25-2)22-19(24)13-8-9-16(26-3)21-12-13/h4-12,17H,1-3H3,(H,22,24). The zero-order valence-corrected chi connectivity index (χ0v) is 14.8. The third kappa shape index (κ3) is 3.51. The second kappa shape index (κ2) is 7.69. The summed E-state index contributed by atoms with van der Waals surface area (Å²) in [5, 5.41) is 3.02. The topological polar surface area (TPSA) is 78.3 Å². The number of rotatable bonds is 6. The highest BCUT2D eigenvalue weighted by Crippen LogP contribution is 2.29. The molecule has 7 nitrogen and oxygen atoms in total. The zero-order valence-electron chi connectivity index (χ0n) is 14.8. The molecule has 1 N–H and O–H groups in total. The van der Waals surface area contributed by atoms with Crippen molar-refractivity contribution in [2.45, 2.75) is 6.04 Å². The molecule has 1 unspecified atom stereocenters. The van der Waals surface area contributed by atoms with Gasteiger partial charge in [0.25, 0.3) is 5.91 Å². The number of hydrogen-bond acceptors (Lipinski definition) is 5. The van der Waals surface area contributed by atoms with Gasteiger partial charge in [-0.15, -0.1) is 0 Å². The van der Waals surface area contributed by atoms with Crippen LogP contribution in [0.2, 0.25) is 0 Å². The van der Waals surface area contributed by atoms with Crippen molar-refractivity contribution in [1.29, 1.82) is 0 Å².